The van der Waals surface area contributed by atoms with Crippen LogP contribution in [0.15, 0.2) is 24.3 Å². The average Bonchev–Trinajstić information content (AvgIpc) is 2.87. The molecule has 144 valence electrons. The number of carbonyl (C=O) groups is 2. The summed E-state index contributed by atoms with van der Waals surface area (Å²) < 4.78 is 38.3. The first-order chi connectivity index (χ1) is 12.7. The molecule has 0 saturated heterocycles. The van der Waals surface area contributed by atoms with Crippen LogP contribution in [0.2, 0.25) is 0 Å². The third-order valence-corrected chi connectivity index (χ3v) is 5.20. The van der Waals surface area contributed by atoms with Crippen LogP contribution in [0.3, 0.4) is 0 Å². The van der Waals surface area contributed by atoms with E-state index in [-0.39, 0.29) is 5.56 Å². The number of sulfonamides is 1. The van der Waals surface area contributed by atoms with E-state index in [1.54, 1.807) is 36.6 Å². The van der Waals surface area contributed by atoms with Gasteiger partial charge in [0.05, 0.1) is 5.56 Å². The number of primary amides is 1. The predicted octanol–water partition coefficient (Wildman–Crippen LogP) is 0.410. The second kappa shape index (κ2) is 6.95. The van der Waals surface area contributed by atoms with Crippen LogP contribution >= 0.6 is 0 Å². The van der Waals surface area contributed by atoms with Crippen LogP contribution in [0.1, 0.15) is 21.7 Å². The Hall–Kier alpha value is -3.01. The van der Waals surface area contributed by atoms with Crippen molar-refractivity contribution in [1.29, 1.82) is 0 Å². The fourth-order valence-corrected chi connectivity index (χ4v) is 3.82. The largest absolute Gasteiger partial charge is 0.486 e. The number of ether oxygens (including phenoxy) is 2. The van der Waals surface area contributed by atoms with E-state index < -0.39 is 27.6 Å². The molecule has 0 aliphatic carbocycles. The highest BCUT2D eigenvalue weighted by Crippen LogP contribution is 2.33. The Morgan fingerprint density at radius 1 is 1.15 bits per heavy atom. The number of aromatic nitrogens is 1. The average molecular weight is 393 g/mol. The van der Waals surface area contributed by atoms with Gasteiger partial charge in [0.15, 0.2) is 11.5 Å². The Kier molecular flexibility index (Phi) is 4.83. The smallest absolute Gasteiger partial charge is 0.266 e. The highest BCUT2D eigenvalue weighted by molar-refractivity contribution is 7.90. The number of nitrogens with zero attached hydrogens (tertiary/aromatic N) is 1. The maximum atomic E-state index is 12.4. The Morgan fingerprint density at radius 2 is 1.81 bits per heavy atom. The summed E-state index contributed by atoms with van der Waals surface area (Å²) in [5.41, 5.74) is 7.07. The number of hydrogen-bond acceptors (Lipinski definition) is 6. The van der Waals surface area contributed by atoms with Gasteiger partial charge in [0.25, 0.3) is 5.91 Å². The van der Waals surface area contributed by atoms with E-state index in [1.807, 2.05) is 10.8 Å². The number of fused-ring (bicyclic) bond motifs is 1. The molecule has 10 heteroatoms. The summed E-state index contributed by atoms with van der Waals surface area (Å²) in [6.07, 6.45) is 0. The summed E-state index contributed by atoms with van der Waals surface area (Å²) in [6, 6.07) is 6.96. The molecule has 0 bridgehead atoms. The summed E-state index contributed by atoms with van der Waals surface area (Å²) >= 11 is 0. The molecule has 1 aliphatic rings. The van der Waals surface area contributed by atoms with Crippen molar-refractivity contribution in [1.82, 2.24) is 9.29 Å². The molecule has 3 rings (SSSR count). The van der Waals surface area contributed by atoms with Gasteiger partial charge in [-0.2, -0.15) is 0 Å². The van der Waals surface area contributed by atoms with Crippen LogP contribution in [0.5, 0.6) is 11.5 Å². The third kappa shape index (κ3) is 3.90. The first-order valence-corrected chi connectivity index (χ1v) is 9.75. The normalized spacial score (nSPS) is 13.3. The van der Waals surface area contributed by atoms with Crippen LogP contribution in [0.4, 0.5) is 0 Å². The third-order valence-electron chi connectivity index (χ3n) is 4.04. The van der Waals surface area contributed by atoms with Crippen molar-refractivity contribution in [2.75, 3.05) is 19.0 Å². The number of nitrogens with two attached hydrogens (primary N) is 1. The Morgan fingerprint density at radius 3 is 2.48 bits per heavy atom. The molecule has 1 aromatic carbocycles. The maximum Gasteiger partial charge on any atom is 0.266 e. The van der Waals surface area contributed by atoms with E-state index in [0.717, 1.165) is 11.4 Å². The van der Waals surface area contributed by atoms with Gasteiger partial charge < -0.3 is 19.8 Å². The van der Waals surface area contributed by atoms with Crippen LogP contribution in [-0.2, 0) is 14.8 Å². The van der Waals surface area contributed by atoms with Crippen molar-refractivity contribution in [3.05, 3.63) is 41.2 Å². The first-order valence-electron chi connectivity index (χ1n) is 8.10. The molecule has 2 heterocycles. The summed E-state index contributed by atoms with van der Waals surface area (Å²) in [7, 11) is -4.15. The topological polar surface area (TPSA) is 130 Å². The van der Waals surface area contributed by atoms with Gasteiger partial charge >= 0.3 is 0 Å². The fourth-order valence-electron chi connectivity index (χ4n) is 2.98. The van der Waals surface area contributed by atoms with E-state index in [4.69, 9.17) is 15.2 Å². The highest BCUT2D eigenvalue weighted by Gasteiger charge is 2.23. The van der Waals surface area contributed by atoms with Gasteiger partial charge in [-0.05, 0) is 32.0 Å². The van der Waals surface area contributed by atoms with E-state index in [9.17, 15) is 18.0 Å². The molecule has 0 fully saturated rings. The molecule has 0 radical (unpaired) electrons. The number of hydrogen-bond donors (Lipinski definition) is 2. The molecule has 0 atom stereocenters. The molecule has 9 nitrogen and oxygen atoms in total. The van der Waals surface area contributed by atoms with Crippen LogP contribution in [0.25, 0.3) is 5.69 Å². The monoisotopic (exact) mass is 393 g/mol. The zero-order valence-electron chi connectivity index (χ0n) is 14.8. The Bertz CT molecular complexity index is 1030. The lowest BCUT2D eigenvalue weighted by atomic mass is 10.2. The minimum Gasteiger partial charge on any atom is -0.486 e. The molecule has 0 spiro atoms. The zero-order chi connectivity index (χ0) is 19.8. The Labute approximate surface area is 156 Å². The van der Waals surface area contributed by atoms with Crippen molar-refractivity contribution >= 4 is 21.8 Å². The molecular weight excluding hydrogens is 374 g/mol. The summed E-state index contributed by atoms with van der Waals surface area (Å²) in [5.74, 6) is -1.59. The van der Waals surface area contributed by atoms with E-state index >= 15 is 0 Å². The lowest BCUT2D eigenvalue weighted by Crippen LogP contribution is -2.37. The van der Waals surface area contributed by atoms with Crippen molar-refractivity contribution in [3.8, 4) is 17.2 Å². The summed E-state index contributed by atoms with van der Waals surface area (Å²) in [5, 5.41) is 0. The number of nitrogens with one attached hydrogen (secondary N) is 1. The van der Waals surface area contributed by atoms with Gasteiger partial charge in [-0.15, -0.1) is 0 Å². The fraction of sp³-hybridized carbons (Fsp3) is 0.294. The lowest BCUT2D eigenvalue weighted by Gasteiger charge is -2.20. The van der Waals surface area contributed by atoms with E-state index in [2.05, 4.69) is 0 Å². The minimum absolute atomic E-state index is 0.176. The quantitative estimate of drug-likeness (QED) is 0.757. The summed E-state index contributed by atoms with van der Waals surface area (Å²) in [6.45, 7) is 4.42. The van der Waals surface area contributed by atoms with Crippen molar-refractivity contribution < 1.29 is 27.5 Å². The molecule has 2 aromatic rings. The second-order valence-corrected chi connectivity index (χ2v) is 7.83. The summed E-state index contributed by atoms with van der Waals surface area (Å²) in [4.78, 5) is 23.2. The predicted molar refractivity (Wildman–Crippen MR) is 96.7 cm³/mol. The minimum atomic E-state index is -4.15. The standard InChI is InChI=1S/C17H19N3O6S/c1-10-7-13(17(22)19-27(23,24)9-16(18)21)11(2)20(10)12-3-4-14-15(8-12)26-6-5-25-14/h3-4,7-8H,5-6,9H2,1-2H3,(H2,18,21)(H,19,22). The van der Waals surface area contributed by atoms with Crippen LogP contribution < -0.4 is 19.9 Å². The first kappa shape index (κ1) is 18.8. The maximum absolute atomic E-state index is 12.4. The van der Waals surface area contributed by atoms with E-state index in [0.29, 0.717) is 30.4 Å². The van der Waals surface area contributed by atoms with Crippen molar-refractivity contribution in [2.45, 2.75) is 13.8 Å². The van der Waals surface area contributed by atoms with Gasteiger partial charge in [0.1, 0.15) is 19.0 Å². The van der Waals surface area contributed by atoms with Crippen LogP contribution in [0, 0.1) is 13.8 Å². The molecule has 2 amide bonds. The van der Waals surface area contributed by atoms with Gasteiger partial charge in [-0.25, -0.2) is 13.1 Å². The Balaban J connectivity index is 1.93. The molecule has 3 N–H and O–H groups in total. The molecular formula is C17H19N3O6S. The second-order valence-electron chi connectivity index (χ2n) is 6.10. The molecule has 1 aromatic heterocycles. The van der Waals surface area contributed by atoms with Gasteiger partial charge in [-0.3, -0.25) is 9.59 Å². The molecule has 1 aliphatic heterocycles. The molecule has 0 unspecified atom stereocenters. The number of carbonyl (C=O) groups excluding carboxylic acids is 2. The molecule has 27 heavy (non-hydrogen) atoms. The van der Waals surface area contributed by atoms with Crippen molar-refractivity contribution in [3.63, 3.8) is 0 Å². The van der Waals surface area contributed by atoms with Crippen LogP contribution in [-0.4, -0.2) is 43.8 Å². The number of aryl methyl sites for hydroxylation is 1. The number of benzene rings is 1. The highest BCUT2D eigenvalue weighted by atomic mass is 32.2. The zero-order valence-corrected chi connectivity index (χ0v) is 15.6. The molecule has 0 saturated carbocycles. The van der Waals surface area contributed by atoms with Gasteiger partial charge in [0.2, 0.25) is 15.9 Å². The van der Waals surface area contributed by atoms with Gasteiger partial charge in [-0.1, -0.05) is 0 Å². The van der Waals surface area contributed by atoms with Crippen molar-refractivity contribution in [2.24, 2.45) is 5.73 Å². The van der Waals surface area contributed by atoms with Gasteiger partial charge in [0, 0.05) is 23.1 Å². The number of rotatable bonds is 5. The SMILES string of the molecule is Cc1cc(C(=O)NS(=O)(=O)CC(N)=O)c(C)n1-c1ccc2c(c1)OCCO2. The van der Waals surface area contributed by atoms with E-state index in [1.165, 1.54) is 0 Å². The number of amides is 2. The lowest BCUT2D eigenvalue weighted by molar-refractivity contribution is -0.115.